The van der Waals surface area contributed by atoms with Gasteiger partial charge >= 0.3 is 0 Å². The van der Waals surface area contributed by atoms with Gasteiger partial charge in [0.1, 0.15) is 5.82 Å². The Hall–Kier alpha value is -2.65. The van der Waals surface area contributed by atoms with E-state index in [2.05, 4.69) is 50.2 Å². The first-order chi connectivity index (χ1) is 12.6. The zero-order valence-corrected chi connectivity index (χ0v) is 15.6. The number of benzene rings is 3. The van der Waals surface area contributed by atoms with Gasteiger partial charge in [-0.25, -0.2) is 9.38 Å². The van der Waals surface area contributed by atoms with E-state index in [1.807, 2.05) is 23.6 Å². The molecular weight excluding hydrogens is 341 g/mol. The second-order valence-electron chi connectivity index (χ2n) is 6.07. The maximum Gasteiger partial charge on any atom is 0.123 e. The highest BCUT2D eigenvalue weighted by atomic mass is 32.2. The number of hydrogen-bond donors (Lipinski definition) is 0. The van der Waals surface area contributed by atoms with Gasteiger partial charge in [0.05, 0.1) is 11.4 Å². The van der Waals surface area contributed by atoms with Crippen LogP contribution in [0.3, 0.4) is 0 Å². The van der Waals surface area contributed by atoms with E-state index in [0.717, 1.165) is 21.9 Å². The van der Waals surface area contributed by atoms with Crippen LogP contribution in [0.5, 0.6) is 0 Å². The number of halogens is 1. The van der Waals surface area contributed by atoms with Crippen molar-refractivity contribution in [3.05, 3.63) is 107 Å². The molecule has 3 rings (SSSR count). The van der Waals surface area contributed by atoms with Gasteiger partial charge < -0.3 is 0 Å². The van der Waals surface area contributed by atoms with Gasteiger partial charge in [0.25, 0.3) is 0 Å². The van der Waals surface area contributed by atoms with Crippen LogP contribution in [0.15, 0.2) is 94.2 Å². The van der Waals surface area contributed by atoms with E-state index in [-0.39, 0.29) is 5.82 Å². The van der Waals surface area contributed by atoms with Crippen LogP contribution in [0.25, 0.3) is 0 Å². The molecule has 0 aliphatic rings. The summed E-state index contributed by atoms with van der Waals surface area (Å²) in [6.07, 6.45) is 2.00. The lowest BCUT2D eigenvalue weighted by molar-refractivity contribution is 0.626. The fourth-order valence-electron chi connectivity index (χ4n) is 2.37. The Morgan fingerprint density at radius 2 is 1.38 bits per heavy atom. The van der Waals surface area contributed by atoms with Crippen LogP contribution in [0.4, 0.5) is 10.1 Å². The average molecular weight is 361 g/mol. The van der Waals surface area contributed by atoms with E-state index in [1.54, 1.807) is 23.9 Å². The first-order valence-electron chi connectivity index (χ1n) is 8.41. The predicted octanol–water partition coefficient (Wildman–Crippen LogP) is 6.87. The molecule has 0 N–H and O–H groups in total. The van der Waals surface area contributed by atoms with Gasteiger partial charge in [0, 0.05) is 10.5 Å². The normalized spacial score (nSPS) is 11.9. The maximum absolute atomic E-state index is 13.0. The van der Waals surface area contributed by atoms with Gasteiger partial charge in [0.15, 0.2) is 0 Å². The third-order valence-electron chi connectivity index (χ3n) is 3.87. The number of aryl methyl sites for hydroxylation is 2. The van der Waals surface area contributed by atoms with Crippen LogP contribution in [0.2, 0.25) is 0 Å². The van der Waals surface area contributed by atoms with Crippen molar-refractivity contribution in [1.29, 1.82) is 0 Å². The molecule has 0 fully saturated rings. The molecule has 0 aromatic heterocycles. The molecule has 0 atom stereocenters. The Morgan fingerprint density at radius 1 is 0.808 bits per heavy atom. The van der Waals surface area contributed by atoms with Crippen LogP contribution >= 0.6 is 11.8 Å². The first-order valence-corrected chi connectivity index (χ1v) is 9.29. The summed E-state index contributed by atoms with van der Waals surface area (Å²) in [6.45, 7) is 4.13. The minimum Gasteiger partial charge on any atom is -0.248 e. The topological polar surface area (TPSA) is 12.4 Å². The van der Waals surface area contributed by atoms with Crippen molar-refractivity contribution in [3.63, 3.8) is 0 Å². The van der Waals surface area contributed by atoms with E-state index in [1.165, 1.54) is 23.3 Å². The number of rotatable bonds is 5. The lowest BCUT2D eigenvalue weighted by Gasteiger charge is -2.04. The zero-order valence-electron chi connectivity index (χ0n) is 14.8. The van der Waals surface area contributed by atoms with E-state index < -0.39 is 0 Å². The molecule has 0 aliphatic carbocycles. The second kappa shape index (κ2) is 8.63. The highest BCUT2D eigenvalue weighted by Gasteiger charge is 2.01. The molecule has 130 valence electrons. The first kappa shape index (κ1) is 18.2. The van der Waals surface area contributed by atoms with Crippen molar-refractivity contribution in [3.8, 4) is 0 Å². The van der Waals surface area contributed by atoms with Gasteiger partial charge in [-0.1, -0.05) is 59.3 Å². The van der Waals surface area contributed by atoms with Crippen molar-refractivity contribution in [2.75, 3.05) is 0 Å². The zero-order chi connectivity index (χ0) is 18.4. The SMILES string of the molecule is Cc1ccc(N=C(/C=C/Sc2ccc(F)cc2)c2ccc(C)cc2)cc1. The summed E-state index contributed by atoms with van der Waals surface area (Å²) in [5.41, 5.74) is 5.30. The van der Waals surface area contributed by atoms with E-state index in [4.69, 9.17) is 4.99 Å². The lowest BCUT2D eigenvalue weighted by atomic mass is 10.1. The van der Waals surface area contributed by atoms with Gasteiger partial charge in [-0.15, -0.1) is 0 Å². The maximum atomic E-state index is 13.0. The fraction of sp³-hybridized carbons (Fsp3) is 0.0870. The molecular formula is C23H20FNS. The molecule has 0 bridgehead atoms. The molecule has 3 aromatic rings. The molecule has 0 saturated carbocycles. The van der Waals surface area contributed by atoms with Crippen molar-refractivity contribution in [2.45, 2.75) is 18.7 Å². The largest absolute Gasteiger partial charge is 0.248 e. The number of allylic oxidation sites excluding steroid dienone is 1. The van der Waals surface area contributed by atoms with Gasteiger partial charge in [-0.2, -0.15) is 0 Å². The Kier molecular flexibility index (Phi) is 6.03. The van der Waals surface area contributed by atoms with Crippen LogP contribution < -0.4 is 0 Å². The minimum absolute atomic E-state index is 0.223. The monoisotopic (exact) mass is 361 g/mol. The second-order valence-corrected chi connectivity index (χ2v) is 7.05. The molecule has 1 nitrogen and oxygen atoms in total. The Morgan fingerprint density at radius 3 is 2.00 bits per heavy atom. The van der Waals surface area contributed by atoms with Crippen LogP contribution in [0.1, 0.15) is 16.7 Å². The highest BCUT2D eigenvalue weighted by molar-refractivity contribution is 8.02. The third-order valence-corrected chi connectivity index (χ3v) is 4.69. The van der Waals surface area contributed by atoms with E-state index in [9.17, 15) is 4.39 Å². The number of thioether (sulfide) groups is 1. The average Bonchev–Trinajstić information content (AvgIpc) is 2.65. The van der Waals surface area contributed by atoms with Crippen LogP contribution in [-0.4, -0.2) is 5.71 Å². The Labute approximate surface area is 158 Å². The summed E-state index contributed by atoms with van der Waals surface area (Å²) in [5.74, 6) is -0.223. The molecule has 26 heavy (non-hydrogen) atoms. The van der Waals surface area contributed by atoms with Crippen LogP contribution in [-0.2, 0) is 0 Å². The van der Waals surface area contributed by atoms with Crippen molar-refractivity contribution >= 4 is 23.2 Å². The molecule has 0 spiro atoms. The lowest BCUT2D eigenvalue weighted by Crippen LogP contribution is -1.96. The van der Waals surface area contributed by atoms with Gasteiger partial charge in [-0.05, 0) is 61.7 Å². The smallest absolute Gasteiger partial charge is 0.123 e. The van der Waals surface area contributed by atoms with Crippen LogP contribution in [0, 0.1) is 19.7 Å². The summed E-state index contributed by atoms with van der Waals surface area (Å²) in [6, 6.07) is 23.0. The molecule has 0 amide bonds. The third kappa shape index (κ3) is 5.17. The van der Waals surface area contributed by atoms with Crippen molar-refractivity contribution in [1.82, 2.24) is 0 Å². The minimum atomic E-state index is -0.223. The number of hydrogen-bond acceptors (Lipinski definition) is 2. The standard InChI is InChI=1S/C23H20FNS/c1-17-3-7-19(8-4-17)23(25-21-11-5-18(2)6-12-21)15-16-26-22-13-9-20(24)10-14-22/h3-16H,1-2H3/b16-15+,25-23?. The molecule has 0 saturated heterocycles. The summed E-state index contributed by atoms with van der Waals surface area (Å²) >= 11 is 1.54. The molecule has 0 heterocycles. The van der Waals surface area contributed by atoms with Gasteiger partial charge in [0.2, 0.25) is 0 Å². The molecule has 0 unspecified atom stereocenters. The van der Waals surface area contributed by atoms with E-state index in [0.29, 0.717) is 0 Å². The molecule has 0 aliphatic heterocycles. The van der Waals surface area contributed by atoms with E-state index >= 15 is 0 Å². The van der Waals surface area contributed by atoms with Gasteiger partial charge in [-0.3, -0.25) is 0 Å². The highest BCUT2D eigenvalue weighted by Crippen LogP contribution is 2.21. The summed E-state index contributed by atoms with van der Waals surface area (Å²) in [5, 5.41) is 1.99. The fourth-order valence-corrected chi connectivity index (χ4v) is 3.02. The van der Waals surface area contributed by atoms with Crippen molar-refractivity contribution in [2.24, 2.45) is 4.99 Å². The summed E-state index contributed by atoms with van der Waals surface area (Å²) < 4.78 is 13.0. The predicted molar refractivity (Wildman–Crippen MR) is 110 cm³/mol. The Bertz CT molecular complexity index is 908. The molecule has 3 heteroatoms. The summed E-state index contributed by atoms with van der Waals surface area (Å²) in [4.78, 5) is 5.79. The molecule has 0 radical (unpaired) electrons. The summed E-state index contributed by atoms with van der Waals surface area (Å²) in [7, 11) is 0. The Balaban J connectivity index is 1.87. The quantitative estimate of drug-likeness (QED) is 0.357. The van der Waals surface area contributed by atoms with Crippen molar-refractivity contribution < 1.29 is 4.39 Å². The molecule has 3 aromatic carbocycles. The number of nitrogens with zero attached hydrogens (tertiary/aromatic N) is 1. The number of aliphatic imine (C=N–C) groups is 1.